The van der Waals surface area contributed by atoms with Crippen molar-refractivity contribution in [1.29, 1.82) is 0 Å². The number of rotatable bonds is 5. The predicted octanol–water partition coefficient (Wildman–Crippen LogP) is 3.07. The summed E-state index contributed by atoms with van der Waals surface area (Å²) in [6.07, 6.45) is 4.97. The maximum absolute atomic E-state index is 11.7. The second-order valence-electron chi connectivity index (χ2n) is 4.51. The number of hydrogen-bond donors (Lipinski definition) is 2. The Balaban J connectivity index is 1.79. The van der Waals surface area contributed by atoms with E-state index in [1.54, 1.807) is 12.1 Å². The smallest absolute Gasteiger partial charge is 0.251 e. The first-order valence-corrected chi connectivity index (χ1v) is 6.73. The van der Waals surface area contributed by atoms with Gasteiger partial charge in [0.2, 0.25) is 0 Å². The summed E-state index contributed by atoms with van der Waals surface area (Å²) in [4.78, 5) is 11.7. The van der Waals surface area contributed by atoms with Crippen molar-refractivity contribution in [3.8, 4) is 5.75 Å². The van der Waals surface area contributed by atoms with Gasteiger partial charge in [-0.3, -0.25) is 4.79 Å². The number of carbonyl (C=O) groups excluding carboxylic acids is 1. The molecule has 4 heteroatoms. The molecule has 0 atom stereocenters. The highest BCUT2D eigenvalue weighted by molar-refractivity contribution is 9.10. The van der Waals surface area contributed by atoms with Crippen LogP contribution < -0.4 is 5.32 Å². The zero-order valence-electron chi connectivity index (χ0n) is 9.58. The third-order valence-corrected chi connectivity index (χ3v) is 3.65. The summed E-state index contributed by atoms with van der Waals surface area (Å²) < 4.78 is 0.600. The Hall–Kier alpha value is -1.03. The number of nitrogens with one attached hydrogen (secondary N) is 1. The van der Waals surface area contributed by atoms with Crippen molar-refractivity contribution in [1.82, 2.24) is 5.32 Å². The van der Waals surface area contributed by atoms with Gasteiger partial charge in [0.25, 0.3) is 5.91 Å². The van der Waals surface area contributed by atoms with E-state index in [1.807, 2.05) is 0 Å². The van der Waals surface area contributed by atoms with E-state index in [4.69, 9.17) is 0 Å². The highest BCUT2D eigenvalue weighted by atomic mass is 79.9. The second-order valence-corrected chi connectivity index (χ2v) is 5.36. The molecule has 0 heterocycles. The van der Waals surface area contributed by atoms with E-state index in [-0.39, 0.29) is 11.7 Å². The van der Waals surface area contributed by atoms with E-state index in [1.165, 1.54) is 25.3 Å². The molecule has 0 unspecified atom stereocenters. The van der Waals surface area contributed by atoms with Gasteiger partial charge in [-0.15, -0.1) is 0 Å². The van der Waals surface area contributed by atoms with Gasteiger partial charge in [0, 0.05) is 12.1 Å². The minimum Gasteiger partial charge on any atom is -0.507 e. The van der Waals surface area contributed by atoms with Gasteiger partial charge in [0.05, 0.1) is 4.47 Å². The van der Waals surface area contributed by atoms with Crippen LogP contribution in [0.25, 0.3) is 0 Å². The molecule has 0 radical (unpaired) electrons. The third kappa shape index (κ3) is 3.73. The minimum atomic E-state index is -0.122. The Morgan fingerprint density at radius 3 is 2.88 bits per heavy atom. The lowest BCUT2D eigenvalue weighted by molar-refractivity contribution is 0.0952. The molecule has 17 heavy (non-hydrogen) atoms. The molecule has 3 nitrogen and oxygen atoms in total. The molecule has 92 valence electrons. The van der Waals surface area contributed by atoms with E-state index in [0.29, 0.717) is 16.6 Å². The summed E-state index contributed by atoms with van der Waals surface area (Å²) >= 11 is 3.18. The van der Waals surface area contributed by atoms with E-state index in [9.17, 15) is 9.90 Å². The van der Waals surface area contributed by atoms with Crippen LogP contribution in [-0.2, 0) is 0 Å². The Labute approximate surface area is 109 Å². The van der Waals surface area contributed by atoms with Gasteiger partial charge >= 0.3 is 0 Å². The number of aromatic hydroxyl groups is 1. The van der Waals surface area contributed by atoms with E-state index in [0.717, 1.165) is 12.3 Å². The largest absolute Gasteiger partial charge is 0.507 e. The molecule has 1 amide bonds. The van der Waals surface area contributed by atoms with E-state index >= 15 is 0 Å². The molecule has 1 fully saturated rings. The lowest BCUT2D eigenvalue weighted by atomic mass is 10.2. The fourth-order valence-corrected chi connectivity index (χ4v) is 2.00. The van der Waals surface area contributed by atoms with Crippen LogP contribution in [-0.4, -0.2) is 17.6 Å². The Morgan fingerprint density at radius 2 is 2.24 bits per heavy atom. The molecule has 0 bridgehead atoms. The van der Waals surface area contributed by atoms with Crippen molar-refractivity contribution in [2.75, 3.05) is 6.54 Å². The average Bonchev–Trinajstić information content (AvgIpc) is 3.12. The molecular weight excluding hydrogens is 282 g/mol. The van der Waals surface area contributed by atoms with Crippen LogP contribution in [0.2, 0.25) is 0 Å². The molecule has 0 aliphatic heterocycles. The Bertz CT molecular complexity index is 416. The highest BCUT2D eigenvalue weighted by Gasteiger charge is 2.20. The third-order valence-electron chi connectivity index (χ3n) is 2.98. The van der Waals surface area contributed by atoms with E-state index in [2.05, 4.69) is 21.2 Å². The first kappa shape index (κ1) is 12.4. The van der Waals surface area contributed by atoms with Crippen molar-refractivity contribution in [2.24, 2.45) is 5.92 Å². The fourth-order valence-electron chi connectivity index (χ4n) is 1.76. The average molecular weight is 298 g/mol. The number of halogens is 1. The standard InChI is InChI=1S/C13H16BrNO2/c14-11-6-5-10(8-12(11)16)13(17)15-7-1-2-9-3-4-9/h5-6,8-9,16H,1-4,7H2,(H,15,17). The van der Waals surface area contributed by atoms with Crippen molar-refractivity contribution in [2.45, 2.75) is 25.7 Å². The molecule has 1 aromatic rings. The van der Waals surface area contributed by atoms with Crippen molar-refractivity contribution >= 4 is 21.8 Å². The van der Waals surface area contributed by atoms with Crippen LogP contribution >= 0.6 is 15.9 Å². The normalized spacial score (nSPS) is 14.6. The molecule has 0 spiro atoms. The van der Waals surface area contributed by atoms with Crippen molar-refractivity contribution < 1.29 is 9.90 Å². The van der Waals surface area contributed by atoms with Crippen LogP contribution in [0.1, 0.15) is 36.0 Å². The predicted molar refractivity (Wildman–Crippen MR) is 70.1 cm³/mol. The molecule has 2 N–H and O–H groups in total. The molecule has 1 saturated carbocycles. The first-order chi connectivity index (χ1) is 8.16. The lowest BCUT2D eigenvalue weighted by Gasteiger charge is -2.05. The molecule has 0 aromatic heterocycles. The van der Waals surface area contributed by atoms with Gasteiger partial charge in [-0.1, -0.05) is 12.8 Å². The Kier molecular flexibility index (Phi) is 4.05. The highest BCUT2D eigenvalue weighted by Crippen LogP contribution is 2.33. The van der Waals surface area contributed by atoms with E-state index < -0.39 is 0 Å². The summed E-state index contributed by atoms with van der Waals surface area (Å²) in [6, 6.07) is 4.84. The SMILES string of the molecule is O=C(NCCCC1CC1)c1ccc(Br)c(O)c1. The van der Waals surface area contributed by atoms with Crippen LogP contribution in [0.5, 0.6) is 5.75 Å². The summed E-state index contributed by atoms with van der Waals surface area (Å²) in [7, 11) is 0. The van der Waals surface area contributed by atoms with Crippen LogP contribution in [0.15, 0.2) is 22.7 Å². The zero-order valence-corrected chi connectivity index (χ0v) is 11.2. The van der Waals surface area contributed by atoms with Crippen LogP contribution in [0.4, 0.5) is 0 Å². The van der Waals surface area contributed by atoms with Crippen LogP contribution in [0.3, 0.4) is 0 Å². The number of benzene rings is 1. The van der Waals surface area contributed by atoms with Gasteiger partial charge < -0.3 is 10.4 Å². The van der Waals surface area contributed by atoms with Gasteiger partial charge in [0.15, 0.2) is 0 Å². The summed E-state index contributed by atoms with van der Waals surface area (Å²) in [5.74, 6) is 0.878. The van der Waals surface area contributed by atoms with Gasteiger partial charge in [0.1, 0.15) is 5.75 Å². The fraction of sp³-hybridized carbons (Fsp3) is 0.462. The van der Waals surface area contributed by atoms with Gasteiger partial charge in [-0.25, -0.2) is 0 Å². The molecule has 1 aliphatic rings. The number of phenols is 1. The zero-order chi connectivity index (χ0) is 12.3. The number of hydrogen-bond acceptors (Lipinski definition) is 2. The van der Waals surface area contributed by atoms with Gasteiger partial charge in [-0.2, -0.15) is 0 Å². The lowest BCUT2D eigenvalue weighted by Crippen LogP contribution is -2.24. The summed E-state index contributed by atoms with van der Waals surface area (Å²) in [5.41, 5.74) is 0.497. The second kappa shape index (κ2) is 5.54. The minimum absolute atomic E-state index is 0.0932. The molecule has 1 aromatic carbocycles. The van der Waals surface area contributed by atoms with Crippen LogP contribution in [0, 0.1) is 5.92 Å². The summed E-state index contributed by atoms with van der Waals surface area (Å²) in [6.45, 7) is 0.714. The number of amides is 1. The first-order valence-electron chi connectivity index (χ1n) is 5.93. The van der Waals surface area contributed by atoms with Crippen molar-refractivity contribution in [3.05, 3.63) is 28.2 Å². The monoisotopic (exact) mass is 297 g/mol. The maximum atomic E-state index is 11.7. The summed E-state index contributed by atoms with van der Waals surface area (Å²) in [5, 5.41) is 12.3. The molecule has 2 rings (SSSR count). The maximum Gasteiger partial charge on any atom is 0.251 e. The number of phenolic OH excluding ortho intramolecular Hbond substituents is 1. The Morgan fingerprint density at radius 1 is 1.47 bits per heavy atom. The van der Waals surface area contributed by atoms with Gasteiger partial charge in [-0.05, 0) is 52.9 Å². The molecule has 1 aliphatic carbocycles. The number of carbonyl (C=O) groups is 1. The molecular formula is C13H16BrNO2. The van der Waals surface area contributed by atoms with Crippen molar-refractivity contribution in [3.63, 3.8) is 0 Å². The topological polar surface area (TPSA) is 49.3 Å². The molecule has 0 saturated heterocycles. The quantitative estimate of drug-likeness (QED) is 0.821.